The molecule has 2 heterocycles. The molecular weight excluding hydrogens is 462 g/mol. The first-order valence-corrected chi connectivity index (χ1v) is 12.4. The second-order valence-corrected chi connectivity index (χ2v) is 9.42. The van der Waals surface area contributed by atoms with Crippen LogP contribution < -0.4 is 20.7 Å². The molecule has 0 saturated heterocycles. The van der Waals surface area contributed by atoms with Crippen molar-refractivity contribution in [3.05, 3.63) is 45.1 Å². The van der Waals surface area contributed by atoms with Crippen molar-refractivity contribution in [3.8, 4) is 5.75 Å². The summed E-state index contributed by atoms with van der Waals surface area (Å²) in [4.78, 5) is 12.1. The summed E-state index contributed by atoms with van der Waals surface area (Å²) in [6, 6.07) is 5.74. The van der Waals surface area contributed by atoms with Gasteiger partial charge in [0.1, 0.15) is 22.6 Å². The number of aliphatic hydroxyl groups excluding tert-OH is 2. The van der Waals surface area contributed by atoms with Gasteiger partial charge in [-0.3, -0.25) is 10.6 Å². The van der Waals surface area contributed by atoms with E-state index in [0.29, 0.717) is 36.2 Å². The Morgan fingerprint density at radius 3 is 2.58 bits per heavy atom. The Bertz CT molecular complexity index is 1090. The van der Waals surface area contributed by atoms with E-state index in [1.807, 2.05) is 18.2 Å². The Hall–Kier alpha value is -2.01. The van der Waals surface area contributed by atoms with Crippen LogP contribution >= 0.6 is 22.9 Å². The number of nitrogens with zero attached hydrogens (tertiary/aromatic N) is 2. The molecule has 3 aromatic rings. The van der Waals surface area contributed by atoms with Gasteiger partial charge in [-0.1, -0.05) is 17.7 Å². The summed E-state index contributed by atoms with van der Waals surface area (Å²) in [5.74, 6) is 2.02. The molecule has 0 atom stereocenters. The van der Waals surface area contributed by atoms with Gasteiger partial charge in [0.25, 0.3) is 0 Å². The molecule has 0 spiro atoms. The van der Waals surface area contributed by atoms with Gasteiger partial charge in [0.15, 0.2) is 5.82 Å². The molecule has 4 rings (SSSR count). The smallest absolute Gasteiger partial charge is 0.163 e. The van der Waals surface area contributed by atoms with E-state index in [0.717, 1.165) is 34.4 Å². The summed E-state index contributed by atoms with van der Waals surface area (Å²) in [5.41, 5.74) is 2.37. The van der Waals surface area contributed by atoms with Crippen molar-refractivity contribution in [3.63, 3.8) is 0 Å². The number of rotatable bonds is 11. The predicted molar refractivity (Wildman–Crippen MR) is 132 cm³/mol. The van der Waals surface area contributed by atoms with Gasteiger partial charge in [0.2, 0.25) is 0 Å². The first-order valence-electron chi connectivity index (χ1n) is 11.2. The lowest BCUT2D eigenvalue weighted by Crippen LogP contribution is -2.38. The quantitative estimate of drug-likeness (QED) is 0.260. The highest BCUT2D eigenvalue weighted by molar-refractivity contribution is 7.19. The maximum Gasteiger partial charge on any atom is 0.163 e. The Kier molecular flexibility index (Phi) is 8.34. The minimum absolute atomic E-state index is 0.00379. The maximum absolute atomic E-state index is 9.28. The number of methoxy groups -OCH3 is 1. The van der Waals surface area contributed by atoms with Gasteiger partial charge in [0, 0.05) is 24.5 Å². The zero-order valence-electron chi connectivity index (χ0n) is 18.7. The third-order valence-corrected chi connectivity index (χ3v) is 7.17. The van der Waals surface area contributed by atoms with Crippen molar-refractivity contribution in [1.82, 2.24) is 20.6 Å². The normalized spacial score (nSPS) is 13.5. The van der Waals surface area contributed by atoms with E-state index in [1.54, 1.807) is 18.4 Å². The Morgan fingerprint density at radius 2 is 1.88 bits per heavy atom. The standard InChI is InChI=1S/C23H30ClN5O3S/c1-32-17-7-6-14(12-16(17)24)13-27-20-19-15-4-2-3-5-18(15)33-23(19)29-22(28-20)21(25-8-10-30)26-9-11-31/h6-7,12,21,25-26,30-31H,2-5,8-11,13H2,1H3,(H,27,28,29). The number of aromatic nitrogens is 2. The molecule has 1 aliphatic rings. The average molecular weight is 492 g/mol. The zero-order chi connectivity index (χ0) is 23.2. The van der Waals surface area contributed by atoms with E-state index in [9.17, 15) is 10.2 Å². The SMILES string of the molecule is COc1ccc(CNc2nc(C(NCCO)NCCO)nc3sc4c(c23)CCCC4)cc1Cl. The van der Waals surface area contributed by atoms with Crippen LogP contribution in [0, 0.1) is 0 Å². The number of fused-ring (bicyclic) bond motifs is 3. The van der Waals surface area contributed by atoms with Crippen molar-refractivity contribution in [2.75, 3.05) is 38.7 Å². The molecule has 0 aliphatic heterocycles. The second kappa shape index (κ2) is 11.4. The molecule has 0 unspecified atom stereocenters. The zero-order valence-corrected chi connectivity index (χ0v) is 20.2. The maximum atomic E-state index is 9.28. The molecule has 0 fully saturated rings. The molecule has 178 valence electrons. The van der Waals surface area contributed by atoms with Crippen LogP contribution in [-0.2, 0) is 19.4 Å². The lowest BCUT2D eigenvalue weighted by molar-refractivity contribution is 0.257. The first kappa shape index (κ1) is 24.1. The molecule has 0 radical (unpaired) electrons. The van der Waals surface area contributed by atoms with Crippen molar-refractivity contribution < 1.29 is 14.9 Å². The van der Waals surface area contributed by atoms with Gasteiger partial charge in [-0.25, -0.2) is 9.97 Å². The largest absolute Gasteiger partial charge is 0.495 e. The summed E-state index contributed by atoms with van der Waals surface area (Å²) in [7, 11) is 1.60. The summed E-state index contributed by atoms with van der Waals surface area (Å²) in [6.45, 7) is 1.32. The fourth-order valence-corrected chi connectivity index (χ4v) is 5.66. The topological polar surface area (TPSA) is 112 Å². The minimum Gasteiger partial charge on any atom is -0.495 e. The Labute approximate surface area is 202 Å². The molecular formula is C23H30ClN5O3S. The number of nitrogens with one attached hydrogen (secondary N) is 3. The van der Waals surface area contributed by atoms with Crippen LogP contribution in [0.15, 0.2) is 18.2 Å². The third kappa shape index (κ3) is 5.56. The number of benzene rings is 1. The first-order chi connectivity index (χ1) is 16.1. The molecule has 8 nitrogen and oxygen atoms in total. The third-order valence-electron chi connectivity index (χ3n) is 5.69. The highest BCUT2D eigenvalue weighted by Gasteiger charge is 2.23. The van der Waals surface area contributed by atoms with Crippen LogP contribution in [0.3, 0.4) is 0 Å². The minimum atomic E-state index is -0.385. The van der Waals surface area contributed by atoms with E-state index < -0.39 is 0 Å². The molecule has 1 aliphatic carbocycles. The van der Waals surface area contributed by atoms with E-state index in [2.05, 4.69) is 16.0 Å². The number of aryl methyl sites for hydroxylation is 2. The van der Waals surface area contributed by atoms with Crippen LogP contribution in [0.1, 0.15) is 40.8 Å². The molecule has 0 saturated carbocycles. The van der Waals surface area contributed by atoms with Crippen LogP contribution in [0.25, 0.3) is 10.2 Å². The Balaban J connectivity index is 1.70. The molecule has 0 amide bonds. The van der Waals surface area contributed by atoms with Gasteiger partial charge >= 0.3 is 0 Å². The van der Waals surface area contributed by atoms with E-state index in [1.165, 1.54) is 23.3 Å². The van der Waals surface area contributed by atoms with Crippen molar-refractivity contribution in [2.24, 2.45) is 0 Å². The lowest BCUT2D eigenvalue weighted by Gasteiger charge is -2.20. The predicted octanol–water partition coefficient (Wildman–Crippen LogP) is 3.01. The number of ether oxygens (including phenoxy) is 1. The molecule has 2 aromatic heterocycles. The summed E-state index contributed by atoms with van der Waals surface area (Å²) < 4.78 is 5.26. The molecule has 1 aromatic carbocycles. The van der Waals surface area contributed by atoms with Gasteiger partial charge in [0.05, 0.1) is 30.7 Å². The van der Waals surface area contributed by atoms with Crippen molar-refractivity contribution >= 4 is 39.0 Å². The average Bonchev–Trinajstić information content (AvgIpc) is 3.21. The van der Waals surface area contributed by atoms with Crippen LogP contribution in [0.4, 0.5) is 5.82 Å². The number of halogens is 1. The van der Waals surface area contributed by atoms with Crippen molar-refractivity contribution in [1.29, 1.82) is 0 Å². The molecule has 33 heavy (non-hydrogen) atoms. The number of hydrogen-bond donors (Lipinski definition) is 5. The fourth-order valence-electron chi connectivity index (χ4n) is 4.11. The van der Waals surface area contributed by atoms with Gasteiger partial charge in [-0.15, -0.1) is 11.3 Å². The summed E-state index contributed by atoms with van der Waals surface area (Å²) in [6.07, 6.45) is 4.10. The van der Waals surface area contributed by atoms with Crippen LogP contribution in [0.5, 0.6) is 5.75 Å². The number of anilines is 1. The van der Waals surface area contributed by atoms with E-state index in [-0.39, 0.29) is 19.4 Å². The second-order valence-electron chi connectivity index (χ2n) is 7.93. The number of hydrogen-bond acceptors (Lipinski definition) is 9. The molecule has 10 heteroatoms. The van der Waals surface area contributed by atoms with Crippen LogP contribution in [0.2, 0.25) is 5.02 Å². The van der Waals surface area contributed by atoms with E-state index >= 15 is 0 Å². The van der Waals surface area contributed by atoms with E-state index in [4.69, 9.17) is 26.3 Å². The number of aliphatic hydroxyl groups is 2. The van der Waals surface area contributed by atoms with Crippen molar-refractivity contribution in [2.45, 2.75) is 38.4 Å². The lowest BCUT2D eigenvalue weighted by atomic mass is 9.97. The highest BCUT2D eigenvalue weighted by Crippen LogP contribution is 2.39. The van der Waals surface area contributed by atoms with Gasteiger partial charge < -0.3 is 20.3 Å². The highest BCUT2D eigenvalue weighted by atomic mass is 35.5. The monoisotopic (exact) mass is 491 g/mol. The van der Waals surface area contributed by atoms with Gasteiger partial charge in [-0.2, -0.15) is 0 Å². The number of thiophene rings is 1. The fraction of sp³-hybridized carbons (Fsp3) is 0.478. The van der Waals surface area contributed by atoms with Gasteiger partial charge in [-0.05, 0) is 48.9 Å². The molecule has 0 bridgehead atoms. The Morgan fingerprint density at radius 1 is 1.12 bits per heavy atom. The molecule has 5 N–H and O–H groups in total. The summed E-state index contributed by atoms with van der Waals surface area (Å²) >= 11 is 8.05. The summed E-state index contributed by atoms with van der Waals surface area (Å²) in [5, 5.41) is 30.2. The van der Waals surface area contributed by atoms with Crippen LogP contribution in [-0.4, -0.2) is 53.6 Å².